The number of thioether (sulfide) groups is 1. The van der Waals surface area contributed by atoms with Crippen LogP contribution in [0.5, 0.6) is 11.5 Å². The molecule has 0 bridgehead atoms. The molecule has 9 heteroatoms. The van der Waals surface area contributed by atoms with E-state index >= 15 is 0 Å². The summed E-state index contributed by atoms with van der Waals surface area (Å²) in [7, 11) is 4.84. The quantitative estimate of drug-likeness (QED) is 0.431. The lowest BCUT2D eigenvalue weighted by molar-refractivity contribution is -0.118. The lowest BCUT2D eigenvalue weighted by atomic mass is 10.1. The number of nitrogens with zero attached hydrogens (tertiary/aromatic N) is 2. The van der Waals surface area contributed by atoms with Crippen molar-refractivity contribution < 1.29 is 14.3 Å². The van der Waals surface area contributed by atoms with Crippen LogP contribution in [-0.2, 0) is 18.3 Å². The van der Waals surface area contributed by atoms with E-state index in [1.54, 1.807) is 21.3 Å². The maximum atomic E-state index is 12.4. The van der Waals surface area contributed by atoms with E-state index in [1.807, 2.05) is 31.2 Å². The Hall–Kier alpha value is -2.94. The molecule has 0 atom stereocenters. The number of carbonyl (C=O) groups excluding carboxylic acids is 1. The number of fused-ring (bicyclic) bond motifs is 1. The molecule has 2 N–H and O–H groups in total. The van der Waals surface area contributed by atoms with E-state index in [1.165, 1.54) is 16.3 Å². The van der Waals surface area contributed by atoms with Crippen LogP contribution in [0.15, 0.2) is 34.2 Å². The zero-order valence-corrected chi connectivity index (χ0v) is 17.7. The molecule has 3 rings (SSSR count). The van der Waals surface area contributed by atoms with Gasteiger partial charge in [-0.25, -0.2) is 4.98 Å². The Labute approximate surface area is 172 Å². The third-order valence-corrected chi connectivity index (χ3v) is 5.50. The predicted octanol–water partition coefficient (Wildman–Crippen LogP) is 2.04. The summed E-state index contributed by atoms with van der Waals surface area (Å²) in [4.78, 5) is 32.1. The first-order valence-corrected chi connectivity index (χ1v) is 10.1. The lowest BCUT2D eigenvalue weighted by Crippen LogP contribution is -2.28. The molecule has 8 nitrogen and oxygen atoms in total. The minimum absolute atomic E-state index is 0.116. The summed E-state index contributed by atoms with van der Waals surface area (Å²) in [5.74, 6) is 1.40. The Kier molecular flexibility index (Phi) is 6.48. The Morgan fingerprint density at radius 2 is 2.00 bits per heavy atom. The van der Waals surface area contributed by atoms with E-state index in [9.17, 15) is 9.59 Å². The van der Waals surface area contributed by atoms with Crippen LogP contribution in [0.3, 0.4) is 0 Å². The number of benzene rings is 1. The molecule has 2 heterocycles. The van der Waals surface area contributed by atoms with Gasteiger partial charge in [0, 0.05) is 19.3 Å². The summed E-state index contributed by atoms with van der Waals surface area (Å²) in [6.45, 7) is 2.37. The maximum absolute atomic E-state index is 12.4. The number of ether oxygens (including phenoxy) is 2. The molecule has 3 aromatic rings. The fraction of sp³-hybridized carbons (Fsp3) is 0.350. The van der Waals surface area contributed by atoms with Crippen LogP contribution in [-0.4, -0.2) is 47.0 Å². The molecular weight excluding hydrogens is 392 g/mol. The summed E-state index contributed by atoms with van der Waals surface area (Å²) in [5.41, 5.74) is 2.85. The number of nitrogens with one attached hydrogen (secondary N) is 2. The average molecular weight is 417 g/mol. The number of methoxy groups -OCH3 is 2. The van der Waals surface area contributed by atoms with Gasteiger partial charge in [0.2, 0.25) is 5.91 Å². The fourth-order valence-electron chi connectivity index (χ4n) is 2.95. The van der Waals surface area contributed by atoms with Gasteiger partial charge in [0.15, 0.2) is 16.7 Å². The SMILES string of the molecule is COc1ccc(CCNC(=O)CSc2nc3cc(C)[nH]c3c(=O)n2C)cc1OC. The molecule has 154 valence electrons. The third kappa shape index (κ3) is 4.73. The highest BCUT2D eigenvalue weighted by Gasteiger charge is 2.12. The Morgan fingerprint density at radius 3 is 2.72 bits per heavy atom. The second kappa shape index (κ2) is 9.04. The minimum Gasteiger partial charge on any atom is -0.493 e. The van der Waals surface area contributed by atoms with Crippen LogP contribution in [0.4, 0.5) is 0 Å². The summed E-state index contributed by atoms with van der Waals surface area (Å²) in [5, 5.41) is 3.40. The molecule has 0 unspecified atom stereocenters. The van der Waals surface area contributed by atoms with E-state index in [-0.39, 0.29) is 17.2 Å². The smallest absolute Gasteiger partial charge is 0.278 e. The van der Waals surface area contributed by atoms with Crippen LogP contribution in [0, 0.1) is 6.92 Å². The van der Waals surface area contributed by atoms with Gasteiger partial charge in [0.1, 0.15) is 5.52 Å². The number of H-pyrrole nitrogens is 1. The Balaban J connectivity index is 1.55. The van der Waals surface area contributed by atoms with Crippen molar-refractivity contribution >= 4 is 28.7 Å². The van der Waals surface area contributed by atoms with Crippen LogP contribution in [0.1, 0.15) is 11.3 Å². The van der Waals surface area contributed by atoms with Gasteiger partial charge in [-0.3, -0.25) is 14.2 Å². The Bertz CT molecular complexity index is 1090. The van der Waals surface area contributed by atoms with Gasteiger partial charge >= 0.3 is 0 Å². The number of hydrogen-bond acceptors (Lipinski definition) is 6. The number of aromatic nitrogens is 3. The maximum Gasteiger partial charge on any atom is 0.278 e. The van der Waals surface area contributed by atoms with E-state index in [2.05, 4.69) is 15.3 Å². The van der Waals surface area contributed by atoms with Crippen molar-refractivity contribution in [1.29, 1.82) is 0 Å². The second-order valence-electron chi connectivity index (χ2n) is 6.55. The van der Waals surface area contributed by atoms with Crippen molar-refractivity contribution in [3.8, 4) is 11.5 Å². The van der Waals surface area contributed by atoms with E-state index in [0.29, 0.717) is 40.7 Å². The molecule has 0 spiro atoms. The summed E-state index contributed by atoms with van der Waals surface area (Å²) in [6, 6.07) is 7.50. The summed E-state index contributed by atoms with van der Waals surface area (Å²) >= 11 is 1.24. The fourth-order valence-corrected chi connectivity index (χ4v) is 3.75. The molecule has 1 amide bonds. The lowest BCUT2D eigenvalue weighted by Gasteiger charge is -2.10. The van der Waals surface area contributed by atoms with Crippen LogP contribution in [0.2, 0.25) is 0 Å². The Morgan fingerprint density at radius 1 is 1.24 bits per heavy atom. The largest absolute Gasteiger partial charge is 0.493 e. The van der Waals surface area contributed by atoms with Gasteiger partial charge in [0.05, 0.1) is 25.5 Å². The minimum atomic E-state index is -0.153. The summed E-state index contributed by atoms with van der Waals surface area (Å²) in [6.07, 6.45) is 0.669. The zero-order chi connectivity index (χ0) is 21.0. The van der Waals surface area contributed by atoms with Crippen LogP contribution >= 0.6 is 11.8 Å². The van der Waals surface area contributed by atoms with Crippen LogP contribution in [0.25, 0.3) is 11.0 Å². The van der Waals surface area contributed by atoms with Crippen molar-refractivity contribution in [2.24, 2.45) is 7.05 Å². The highest BCUT2D eigenvalue weighted by atomic mass is 32.2. The first kappa shape index (κ1) is 20.8. The van der Waals surface area contributed by atoms with Gasteiger partial charge in [-0.05, 0) is 37.1 Å². The molecule has 0 aliphatic carbocycles. The topological polar surface area (TPSA) is 98.2 Å². The van der Waals surface area contributed by atoms with Gasteiger partial charge < -0.3 is 19.8 Å². The first-order chi connectivity index (χ1) is 13.9. The molecule has 2 aromatic heterocycles. The number of hydrogen-bond donors (Lipinski definition) is 2. The predicted molar refractivity (Wildman–Crippen MR) is 113 cm³/mol. The van der Waals surface area contributed by atoms with E-state index < -0.39 is 0 Å². The highest BCUT2D eigenvalue weighted by Crippen LogP contribution is 2.27. The molecule has 29 heavy (non-hydrogen) atoms. The molecule has 0 saturated carbocycles. The van der Waals surface area contributed by atoms with Gasteiger partial charge in [0.25, 0.3) is 5.56 Å². The van der Waals surface area contributed by atoms with Crippen molar-refractivity contribution in [3.05, 3.63) is 45.9 Å². The monoisotopic (exact) mass is 416 g/mol. The molecule has 0 aliphatic heterocycles. The molecule has 0 radical (unpaired) electrons. The molecule has 1 aromatic carbocycles. The number of aromatic amines is 1. The molecule has 0 aliphatic rings. The number of amides is 1. The molecular formula is C20H24N4O4S. The number of rotatable bonds is 8. The molecule has 0 fully saturated rings. The van der Waals surface area contributed by atoms with Gasteiger partial charge in [-0.15, -0.1) is 0 Å². The normalized spacial score (nSPS) is 10.9. The first-order valence-electron chi connectivity index (χ1n) is 9.09. The number of carbonyl (C=O) groups is 1. The van der Waals surface area contributed by atoms with E-state index in [4.69, 9.17) is 9.47 Å². The standard InChI is InChI=1S/C20H24N4O4S/c1-12-9-14-18(22-12)19(26)24(2)20(23-14)29-11-17(25)21-8-7-13-5-6-15(27-3)16(10-13)28-4/h5-6,9-10,22H,7-8,11H2,1-4H3,(H,21,25). The van der Waals surface area contributed by atoms with Crippen molar-refractivity contribution in [2.45, 2.75) is 18.5 Å². The van der Waals surface area contributed by atoms with Crippen molar-refractivity contribution in [2.75, 3.05) is 26.5 Å². The highest BCUT2D eigenvalue weighted by molar-refractivity contribution is 7.99. The van der Waals surface area contributed by atoms with Crippen LogP contribution < -0.4 is 20.3 Å². The zero-order valence-electron chi connectivity index (χ0n) is 16.9. The summed E-state index contributed by atoms with van der Waals surface area (Å²) < 4.78 is 12.0. The van der Waals surface area contributed by atoms with Gasteiger partial charge in [-0.2, -0.15) is 0 Å². The second-order valence-corrected chi connectivity index (χ2v) is 7.49. The van der Waals surface area contributed by atoms with Crippen molar-refractivity contribution in [1.82, 2.24) is 19.9 Å². The van der Waals surface area contributed by atoms with Gasteiger partial charge in [-0.1, -0.05) is 17.8 Å². The molecule has 0 saturated heterocycles. The van der Waals surface area contributed by atoms with E-state index in [0.717, 1.165) is 11.3 Å². The van der Waals surface area contributed by atoms with Crippen molar-refractivity contribution in [3.63, 3.8) is 0 Å². The third-order valence-electron chi connectivity index (χ3n) is 4.47. The average Bonchev–Trinajstić information content (AvgIpc) is 3.09. The number of aryl methyl sites for hydroxylation is 1.